The van der Waals surface area contributed by atoms with Crippen LogP contribution in [0.25, 0.3) is 0 Å². The highest BCUT2D eigenvalue weighted by Gasteiger charge is 2.70. The highest BCUT2D eigenvalue weighted by molar-refractivity contribution is 5.94. The molecule has 8 fully saturated rings. The molecule has 0 radical (unpaired) electrons. The highest BCUT2D eigenvalue weighted by Crippen LogP contribution is 2.70. The molecule has 4 unspecified atom stereocenters. The summed E-state index contributed by atoms with van der Waals surface area (Å²) >= 11 is 0. The first-order valence-electron chi connectivity index (χ1n) is 30.7. The number of imide groups is 2. The largest absolute Gasteiger partial charge is 0.445 e. The maximum atomic E-state index is 13.8. The lowest BCUT2D eigenvalue weighted by molar-refractivity contribution is -0.214. The van der Waals surface area contributed by atoms with Crippen LogP contribution in [-0.4, -0.2) is 129 Å². The smallest absolute Gasteiger partial charge is 0.414 e. The van der Waals surface area contributed by atoms with Crippen molar-refractivity contribution in [2.75, 3.05) is 54.2 Å². The van der Waals surface area contributed by atoms with Gasteiger partial charge in [-0.05, 0) is 151 Å². The minimum absolute atomic E-state index is 0.0570. The molecule has 8 rings (SSSR count). The second-order valence-electron chi connectivity index (χ2n) is 28.0. The normalized spacial score (nSPS) is 44.5. The molecule has 15 nitrogen and oxygen atoms in total. The topological polar surface area (TPSA) is 190 Å². The van der Waals surface area contributed by atoms with Crippen LogP contribution in [0.5, 0.6) is 0 Å². The summed E-state index contributed by atoms with van der Waals surface area (Å²) in [6, 6.07) is 0. The Labute approximate surface area is 474 Å². The first-order valence-corrected chi connectivity index (χ1v) is 30.7. The Morgan fingerprint density at radius 1 is 0.633 bits per heavy atom. The van der Waals surface area contributed by atoms with Crippen LogP contribution >= 0.6 is 0 Å². The molecule has 2 heterocycles. The van der Waals surface area contributed by atoms with Crippen molar-refractivity contribution in [1.82, 2.24) is 20.4 Å². The number of aliphatic hydroxyl groups excluding tert-OH is 1. The number of aliphatic hydroxyl groups is 1. The van der Waals surface area contributed by atoms with Crippen molar-refractivity contribution < 1.29 is 52.8 Å². The summed E-state index contributed by atoms with van der Waals surface area (Å²) in [6.45, 7) is 28.9. The molecule has 3 N–H and O–H groups in total. The van der Waals surface area contributed by atoms with Gasteiger partial charge in [0, 0.05) is 66.5 Å². The van der Waals surface area contributed by atoms with E-state index in [1.54, 1.807) is 7.11 Å². The molecule has 15 heteroatoms. The van der Waals surface area contributed by atoms with Crippen molar-refractivity contribution >= 4 is 35.6 Å². The number of hydrogen-bond acceptors (Lipinski definition) is 13. The second kappa shape index (κ2) is 24.8. The summed E-state index contributed by atoms with van der Waals surface area (Å²) in [5.74, 6) is -0.364. The van der Waals surface area contributed by atoms with Crippen LogP contribution in [0.1, 0.15) is 173 Å². The van der Waals surface area contributed by atoms with Crippen molar-refractivity contribution in [3.8, 4) is 0 Å². The van der Waals surface area contributed by atoms with E-state index in [0.29, 0.717) is 38.8 Å². The fourth-order valence-corrected chi connectivity index (χ4v) is 18.0. The van der Waals surface area contributed by atoms with Crippen molar-refractivity contribution in [1.29, 1.82) is 0 Å². The van der Waals surface area contributed by atoms with Crippen LogP contribution in [-0.2, 0) is 38.1 Å². The fourth-order valence-electron chi connectivity index (χ4n) is 18.0. The number of rotatable bonds is 11. The summed E-state index contributed by atoms with van der Waals surface area (Å²) in [6.07, 6.45) is 15.8. The summed E-state index contributed by atoms with van der Waals surface area (Å²) in [5.41, 5.74) is -2.81. The number of piperidine rings is 2. The highest BCUT2D eigenvalue weighted by atomic mass is 16.7. The summed E-state index contributed by atoms with van der Waals surface area (Å²) in [7, 11) is 5.62. The van der Waals surface area contributed by atoms with Crippen LogP contribution in [0.3, 0.4) is 0 Å². The number of methoxy groups -OCH3 is 1. The average molecular weight is 1110 g/mol. The van der Waals surface area contributed by atoms with Crippen molar-refractivity contribution in [2.24, 2.45) is 91.7 Å². The SMILES string of the molecule is CC/C=C/[C@]1(C)C[C@@H](OC(=O)NC(=O)[C@H]2CN(C)CC[C@@H]2C)[C@@]2(C)C3C(=O)CCC3(CC[C@H]2C)[C@@H](C)[C@@H]1O.CC/C=C/[C@]1(C)C[C@@H](OC(=O)NC(=O)[C@H]2CN(C)CC[C@@H]2C)[C@@]2(C)C3C(=O)CCC3(CC[C@H]2C)[C@@H](C)[C@@H]1OCOC. The van der Waals surface area contributed by atoms with E-state index in [1.807, 2.05) is 14.1 Å². The second-order valence-corrected chi connectivity index (χ2v) is 28.0. The number of ether oxygens (including phenoxy) is 4. The predicted octanol–water partition coefficient (Wildman–Crippen LogP) is 10.6. The van der Waals surface area contributed by atoms with Gasteiger partial charge in [-0.15, -0.1) is 0 Å². The molecule has 6 aliphatic carbocycles. The Hall–Kier alpha value is -3.50. The zero-order valence-electron chi connectivity index (χ0n) is 51.3. The minimum atomic E-state index is -0.736. The molecule has 446 valence electrons. The molecule has 6 saturated carbocycles. The van der Waals surface area contributed by atoms with Gasteiger partial charge in [-0.2, -0.15) is 0 Å². The molecule has 0 spiro atoms. The average Bonchev–Trinajstić information content (AvgIpc) is 4.07. The molecule has 0 aromatic heterocycles. The fraction of sp³-hybridized carbons (Fsp3) is 0.844. The number of allylic oxidation sites excluding steroid dienone is 2. The Balaban J connectivity index is 0.000000229. The molecule has 8 aliphatic rings. The van der Waals surface area contributed by atoms with E-state index in [-0.39, 0.29) is 106 Å². The van der Waals surface area contributed by atoms with E-state index in [4.69, 9.17) is 18.9 Å². The van der Waals surface area contributed by atoms with Crippen LogP contribution in [0.15, 0.2) is 24.3 Å². The maximum absolute atomic E-state index is 13.8. The summed E-state index contributed by atoms with van der Waals surface area (Å²) < 4.78 is 24.5. The molecule has 79 heavy (non-hydrogen) atoms. The standard InChI is InChI=1S/C33H54N2O6.C31H50N2O5/c1-9-10-14-31(5)18-26(41-30(38)34-29(37)24-19-35(7)17-13-21(24)2)32(6)22(3)11-15-33(16-12-25(36)27(32)33)23(4)28(31)40-20-39-8;1-8-9-13-29(5)17-24(38-28(37)32-27(36)22-18-33(7)16-12-19(22)2)30(6)20(3)10-14-31(21(4)26(29)35)15-11-23(34)25(30)31/h10,14,21-24,26-28H,9,11-13,15-20H2,1-8H3,(H,34,37,38);9,13,19-22,24-26,35H,8,10-12,14-18H2,1-7H3,(H,32,36,37)/b14-10+;13-9+/t21-,22+,23-,24-,26+,27?,28-,31+,32-,33?;19-,20+,21-,22-,24+,25?,26-,29+,30-,31?/m00/s1. The predicted molar refractivity (Wildman–Crippen MR) is 305 cm³/mol. The number of carbonyl (C=O) groups excluding carboxylic acids is 6. The summed E-state index contributed by atoms with van der Waals surface area (Å²) in [4.78, 5) is 85.0. The van der Waals surface area contributed by atoms with E-state index in [1.165, 1.54) is 0 Å². The van der Waals surface area contributed by atoms with Crippen molar-refractivity contribution in [3.05, 3.63) is 24.3 Å². The number of hydrogen-bond donors (Lipinski definition) is 3. The molecule has 0 aromatic carbocycles. The molecule has 2 saturated heterocycles. The van der Waals surface area contributed by atoms with Crippen molar-refractivity contribution in [3.63, 3.8) is 0 Å². The summed E-state index contributed by atoms with van der Waals surface area (Å²) in [5, 5.41) is 17.0. The Bertz CT molecular complexity index is 2290. The molecular formula is C64H104N4O11. The minimum Gasteiger partial charge on any atom is -0.445 e. The molecule has 2 aliphatic heterocycles. The molecule has 0 aromatic rings. The first-order chi connectivity index (χ1) is 37.1. The third-order valence-corrected chi connectivity index (χ3v) is 23.4. The lowest BCUT2D eigenvalue weighted by Crippen LogP contribution is -2.63. The molecular weight excluding hydrogens is 1000 g/mol. The quantitative estimate of drug-likeness (QED) is 0.131. The van der Waals surface area contributed by atoms with Crippen LogP contribution < -0.4 is 10.6 Å². The van der Waals surface area contributed by atoms with Gasteiger partial charge >= 0.3 is 12.2 Å². The zero-order chi connectivity index (χ0) is 58.2. The first kappa shape index (κ1) is 63.1. The number of carbonyl (C=O) groups is 6. The Kier molecular flexibility index (Phi) is 19.8. The van der Waals surface area contributed by atoms with Gasteiger partial charge in [0.05, 0.1) is 24.0 Å². The van der Waals surface area contributed by atoms with Gasteiger partial charge < -0.3 is 33.9 Å². The number of nitrogens with one attached hydrogen (secondary N) is 2. The molecule has 20 atom stereocenters. The van der Waals surface area contributed by atoms with E-state index in [2.05, 4.69) is 128 Å². The zero-order valence-corrected chi connectivity index (χ0v) is 51.3. The number of ketones is 2. The van der Waals surface area contributed by atoms with Gasteiger partial charge in [-0.3, -0.25) is 29.8 Å². The van der Waals surface area contributed by atoms with Gasteiger partial charge in [0.25, 0.3) is 0 Å². The number of amides is 4. The van der Waals surface area contributed by atoms with Gasteiger partial charge in [-0.25, -0.2) is 9.59 Å². The van der Waals surface area contributed by atoms with Gasteiger partial charge in [0.2, 0.25) is 11.8 Å². The van der Waals surface area contributed by atoms with Crippen molar-refractivity contribution in [2.45, 2.75) is 197 Å². The molecule has 4 bridgehead atoms. The number of nitrogens with zero attached hydrogens (tertiary/aromatic N) is 2. The van der Waals surface area contributed by atoms with Crippen LogP contribution in [0.4, 0.5) is 9.59 Å². The maximum Gasteiger partial charge on any atom is 0.414 e. The van der Waals surface area contributed by atoms with E-state index < -0.39 is 52.2 Å². The molecule has 4 amide bonds. The van der Waals surface area contributed by atoms with E-state index >= 15 is 0 Å². The third-order valence-electron chi connectivity index (χ3n) is 23.4. The van der Waals surface area contributed by atoms with Gasteiger partial charge in [0.15, 0.2) is 0 Å². The number of likely N-dealkylation sites (tertiary alicyclic amines) is 2. The Morgan fingerprint density at radius 3 is 1.48 bits per heavy atom. The van der Waals surface area contributed by atoms with Crippen LogP contribution in [0, 0.1) is 91.7 Å². The van der Waals surface area contributed by atoms with E-state index in [9.17, 15) is 33.9 Å². The third kappa shape index (κ3) is 11.8. The Morgan fingerprint density at radius 2 is 1.05 bits per heavy atom. The number of Topliss-reactive ketones (excluding diaryl/α,β-unsaturated/α-hetero) is 2. The lowest BCUT2D eigenvalue weighted by atomic mass is 9.44. The van der Waals surface area contributed by atoms with Gasteiger partial charge in [-0.1, -0.05) is 107 Å². The van der Waals surface area contributed by atoms with E-state index in [0.717, 1.165) is 77.3 Å². The van der Waals surface area contributed by atoms with Gasteiger partial charge in [0.1, 0.15) is 30.6 Å². The van der Waals surface area contributed by atoms with Crippen LogP contribution in [0.2, 0.25) is 0 Å². The lowest BCUT2D eigenvalue weighted by Gasteiger charge is -2.62. The number of alkyl carbamates (subject to hydrolysis) is 2. The monoisotopic (exact) mass is 1100 g/mol.